The molecule has 3 aromatic rings. The van der Waals surface area contributed by atoms with Crippen LogP contribution in [0.2, 0.25) is 0 Å². The molecule has 2 N–H and O–H groups in total. The van der Waals surface area contributed by atoms with Crippen LogP contribution in [-0.2, 0) is 4.74 Å². The summed E-state index contributed by atoms with van der Waals surface area (Å²) < 4.78 is 5.56. The maximum Gasteiger partial charge on any atom is 0.252 e. The molecule has 156 valence electrons. The molecule has 1 aliphatic rings. The number of benzene rings is 3. The standard InChI is InChI=1S/C25H29N3O2/c1-27(2)21-12-10-20(11-13-21)24(28-14-16-30-17-15-28)18-26-25(29)23-9-5-7-19-6-3-4-8-22(19)23/h3-13,24H,14-18H2,1-2H3,(H,26,29)/p+1/t24-/m1/s1. The van der Waals surface area contributed by atoms with Gasteiger partial charge in [-0.05, 0) is 29.0 Å². The summed E-state index contributed by atoms with van der Waals surface area (Å²) in [5, 5.41) is 5.29. The fourth-order valence-electron chi connectivity index (χ4n) is 4.20. The minimum Gasteiger partial charge on any atom is -0.378 e. The van der Waals surface area contributed by atoms with Gasteiger partial charge in [-0.3, -0.25) is 4.79 Å². The Morgan fingerprint density at radius 3 is 2.43 bits per heavy atom. The van der Waals surface area contributed by atoms with Gasteiger partial charge >= 0.3 is 0 Å². The van der Waals surface area contributed by atoms with E-state index in [4.69, 9.17) is 4.74 Å². The number of morpholine rings is 1. The summed E-state index contributed by atoms with van der Waals surface area (Å²) in [5.74, 6) is -0.0191. The first-order valence-electron chi connectivity index (χ1n) is 10.6. The number of nitrogens with zero attached hydrogens (tertiary/aromatic N) is 1. The SMILES string of the molecule is CN(C)c1ccc([C@@H](CNC(=O)c2cccc3ccccc23)[NH+]2CCOCC2)cc1. The quantitative estimate of drug-likeness (QED) is 0.663. The van der Waals surface area contributed by atoms with Gasteiger partial charge < -0.3 is 19.9 Å². The molecule has 1 fully saturated rings. The van der Waals surface area contributed by atoms with Crippen molar-refractivity contribution in [2.24, 2.45) is 0 Å². The van der Waals surface area contributed by atoms with E-state index < -0.39 is 0 Å². The van der Waals surface area contributed by atoms with E-state index in [1.54, 1.807) is 0 Å². The Hall–Kier alpha value is -2.89. The zero-order chi connectivity index (χ0) is 20.9. The lowest BCUT2D eigenvalue weighted by Crippen LogP contribution is -3.15. The Bertz CT molecular complexity index is 989. The van der Waals surface area contributed by atoms with Crippen molar-refractivity contribution in [1.82, 2.24) is 5.32 Å². The lowest BCUT2D eigenvalue weighted by atomic mass is 10.0. The van der Waals surface area contributed by atoms with Crippen LogP contribution >= 0.6 is 0 Å². The number of hydrogen-bond acceptors (Lipinski definition) is 3. The number of anilines is 1. The van der Waals surface area contributed by atoms with Crippen molar-refractivity contribution in [3.63, 3.8) is 0 Å². The van der Waals surface area contributed by atoms with Crippen LogP contribution < -0.4 is 15.1 Å². The third-order valence-electron chi connectivity index (χ3n) is 5.94. The number of nitrogens with one attached hydrogen (secondary N) is 2. The van der Waals surface area contributed by atoms with Crippen LogP contribution in [0.3, 0.4) is 0 Å². The largest absolute Gasteiger partial charge is 0.378 e. The Morgan fingerprint density at radius 1 is 1.00 bits per heavy atom. The maximum atomic E-state index is 13.1. The molecule has 0 spiro atoms. The molecule has 5 heteroatoms. The van der Waals surface area contributed by atoms with Crippen molar-refractivity contribution in [1.29, 1.82) is 0 Å². The summed E-state index contributed by atoms with van der Waals surface area (Å²) in [5.41, 5.74) is 3.15. The number of amides is 1. The fourth-order valence-corrected chi connectivity index (χ4v) is 4.20. The van der Waals surface area contributed by atoms with Gasteiger partial charge in [-0.15, -0.1) is 0 Å². The van der Waals surface area contributed by atoms with Gasteiger partial charge in [-0.1, -0.05) is 48.5 Å². The topological polar surface area (TPSA) is 46.0 Å². The van der Waals surface area contributed by atoms with E-state index in [0.717, 1.165) is 42.6 Å². The molecule has 1 saturated heterocycles. The Labute approximate surface area is 178 Å². The number of hydrogen-bond donors (Lipinski definition) is 2. The Morgan fingerprint density at radius 2 is 1.70 bits per heavy atom. The molecule has 3 aromatic carbocycles. The van der Waals surface area contributed by atoms with Gasteiger partial charge in [0.25, 0.3) is 5.91 Å². The summed E-state index contributed by atoms with van der Waals surface area (Å²) in [4.78, 5) is 16.6. The van der Waals surface area contributed by atoms with Crippen molar-refractivity contribution in [3.05, 3.63) is 77.9 Å². The average molecular weight is 405 g/mol. The maximum absolute atomic E-state index is 13.1. The molecule has 1 heterocycles. The molecule has 0 aromatic heterocycles. The number of rotatable bonds is 6. The first-order valence-corrected chi connectivity index (χ1v) is 10.6. The second kappa shape index (κ2) is 9.28. The Kier molecular flexibility index (Phi) is 6.31. The highest BCUT2D eigenvalue weighted by Gasteiger charge is 2.27. The molecule has 1 atom stereocenters. The highest BCUT2D eigenvalue weighted by molar-refractivity contribution is 6.07. The minimum atomic E-state index is -0.0191. The third kappa shape index (κ3) is 4.48. The van der Waals surface area contributed by atoms with Gasteiger partial charge in [0.15, 0.2) is 0 Å². The predicted molar refractivity (Wildman–Crippen MR) is 121 cm³/mol. The van der Waals surface area contributed by atoms with Crippen LogP contribution in [0.5, 0.6) is 0 Å². The zero-order valence-corrected chi connectivity index (χ0v) is 17.7. The molecule has 1 aliphatic heterocycles. The summed E-state index contributed by atoms with van der Waals surface area (Å²) in [6, 6.07) is 22.8. The van der Waals surface area contributed by atoms with Crippen molar-refractivity contribution in [2.45, 2.75) is 6.04 Å². The fraction of sp³-hybridized carbons (Fsp3) is 0.320. The van der Waals surface area contributed by atoms with E-state index in [1.807, 2.05) is 56.6 Å². The second-order valence-electron chi connectivity index (χ2n) is 8.05. The number of carbonyl (C=O) groups is 1. The van der Waals surface area contributed by atoms with Gasteiger partial charge in [-0.2, -0.15) is 0 Å². The number of carbonyl (C=O) groups excluding carboxylic acids is 1. The van der Waals surface area contributed by atoms with E-state index in [9.17, 15) is 4.79 Å². The smallest absolute Gasteiger partial charge is 0.252 e. The first kappa shape index (κ1) is 20.4. The van der Waals surface area contributed by atoms with Crippen LogP contribution in [0.1, 0.15) is 22.0 Å². The molecule has 1 amide bonds. The molecule has 5 nitrogen and oxygen atoms in total. The van der Waals surface area contributed by atoms with Crippen LogP contribution in [0.25, 0.3) is 10.8 Å². The van der Waals surface area contributed by atoms with E-state index in [1.165, 1.54) is 16.2 Å². The van der Waals surface area contributed by atoms with Crippen LogP contribution in [0.4, 0.5) is 5.69 Å². The summed E-state index contributed by atoms with van der Waals surface area (Å²) in [7, 11) is 4.09. The van der Waals surface area contributed by atoms with Gasteiger partial charge in [0.1, 0.15) is 19.1 Å². The van der Waals surface area contributed by atoms with Gasteiger partial charge in [-0.25, -0.2) is 0 Å². The van der Waals surface area contributed by atoms with Crippen molar-refractivity contribution in [3.8, 4) is 0 Å². The second-order valence-corrected chi connectivity index (χ2v) is 8.05. The van der Waals surface area contributed by atoms with Crippen LogP contribution in [0.15, 0.2) is 66.7 Å². The molecule has 0 bridgehead atoms. The van der Waals surface area contributed by atoms with Gasteiger partial charge in [0.05, 0.1) is 19.8 Å². The summed E-state index contributed by atoms with van der Waals surface area (Å²) in [6.07, 6.45) is 0. The van der Waals surface area contributed by atoms with Crippen LogP contribution in [0, 0.1) is 0 Å². The van der Waals surface area contributed by atoms with E-state index in [2.05, 4.69) is 34.5 Å². The summed E-state index contributed by atoms with van der Waals surface area (Å²) >= 11 is 0. The monoisotopic (exact) mass is 404 g/mol. The molecular weight excluding hydrogens is 374 g/mol. The molecule has 0 aliphatic carbocycles. The molecule has 0 saturated carbocycles. The van der Waals surface area contributed by atoms with E-state index in [0.29, 0.717) is 6.54 Å². The molecular formula is C25H30N3O2+. The van der Waals surface area contributed by atoms with E-state index >= 15 is 0 Å². The molecule has 30 heavy (non-hydrogen) atoms. The zero-order valence-electron chi connectivity index (χ0n) is 17.7. The predicted octanol–water partition coefficient (Wildman–Crippen LogP) is 2.29. The first-order chi connectivity index (χ1) is 14.6. The van der Waals surface area contributed by atoms with Crippen molar-refractivity contribution in [2.75, 3.05) is 51.8 Å². The van der Waals surface area contributed by atoms with Crippen LogP contribution in [-0.4, -0.2) is 52.9 Å². The highest BCUT2D eigenvalue weighted by atomic mass is 16.5. The van der Waals surface area contributed by atoms with Crippen molar-refractivity contribution < 1.29 is 14.4 Å². The highest BCUT2D eigenvalue weighted by Crippen LogP contribution is 2.19. The lowest BCUT2D eigenvalue weighted by Gasteiger charge is -2.32. The third-order valence-corrected chi connectivity index (χ3v) is 5.94. The van der Waals surface area contributed by atoms with Gasteiger partial charge in [0, 0.05) is 30.9 Å². The molecule has 0 radical (unpaired) electrons. The number of ether oxygens (including phenoxy) is 1. The molecule has 4 rings (SSSR count). The van der Waals surface area contributed by atoms with Gasteiger partial charge in [0.2, 0.25) is 0 Å². The normalized spacial score (nSPS) is 15.7. The van der Waals surface area contributed by atoms with E-state index in [-0.39, 0.29) is 11.9 Å². The molecule has 0 unspecified atom stereocenters. The lowest BCUT2D eigenvalue weighted by molar-refractivity contribution is -0.937. The minimum absolute atomic E-state index is 0.0191. The number of quaternary nitrogens is 1. The average Bonchev–Trinajstić information content (AvgIpc) is 2.79. The Balaban J connectivity index is 1.54. The number of fused-ring (bicyclic) bond motifs is 1. The summed E-state index contributed by atoms with van der Waals surface area (Å²) in [6.45, 7) is 4.02. The van der Waals surface area contributed by atoms with Crippen molar-refractivity contribution >= 4 is 22.4 Å².